The molecule has 0 spiro atoms. The summed E-state index contributed by atoms with van der Waals surface area (Å²) in [6.45, 7) is 0.658. The number of hydrogen-bond acceptors (Lipinski definition) is 5. The second kappa shape index (κ2) is 7.03. The minimum absolute atomic E-state index is 0.128. The molecule has 1 aliphatic rings. The number of fused-ring (bicyclic) bond motifs is 1. The molecule has 0 bridgehead atoms. The topological polar surface area (TPSA) is 89.8 Å². The van der Waals surface area contributed by atoms with Crippen LogP contribution in [0.5, 0.6) is 0 Å². The molecule has 0 saturated heterocycles. The first kappa shape index (κ1) is 16.4. The van der Waals surface area contributed by atoms with Gasteiger partial charge in [-0.3, -0.25) is 14.2 Å². The Labute approximate surface area is 150 Å². The molecule has 1 fully saturated rings. The van der Waals surface area contributed by atoms with Crippen LogP contribution in [0.1, 0.15) is 36.6 Å². The number of amides is 1. The summed E-state index contributed by atoms with van der Waals surface area (Å²) in [6, 6.07) is 9.14. The Morgan fingerprint density at radius 2 is 2.04 bits per heavy atom. The van der Waals surface area contributed by atoms with Crippen molar-refractivity contribution in [3.05, 3.63) is 64.7 Å². The van der Waals surface area contributed by atoms with Crippen LogP contribution in [0.4, 0.5) is 0 Å². The van der Waals surface area contributed by atoms with Crippen molar-refractivity contribution in [2.24, 2.45) is 0 Å². The summed E-state index contributed by atoms with van der Waals surface area (Å²) in [6.07, 6.45) is 5.61. The molecule has 1 aromatic carbocycles. The maximum Gasteiger partial charge on any atom is 0.261 e. The van der Waals surface area contributed by atoms with E-state index in [0.29, 0.717) is 29.9 Å². The van der Waals surface area contributed by atoms with Gasteiger partial charge in [-0.2, -0.15) is 0 Å². The second-order valence-corrected chi connectivity index (χ2v) is 6.50. The molecule has 132 valence electrons. The van der Waals surface area contributed by atoms with Crippen LogP contribution in [0, 0.1) is 0 Å². The number of carbonyl (C=O) groups is 1. The van der Waals surface area contributed by atoms with E-state index >= 15 is 0 Å². The monoisotopic (exact) mass is 349 g/mol. The molecule has 7 nitrogen and oxygen atoms in total. The van der Waals surface area contributed by atoms with Crippen molar-refractivity contribution in [1.82, 2.24) is 24.8 Å². The SMILES string of the molecule is O=C(CCn1cnc2ccccc2c1=O)NCc1cc(C2CC2)ncn1. The van der Waals surface area contributed by atoms with E-state index in [2.05, 4.69) is 20.3 Å². The normalized spacial score (nSPS) is 13.7. The predicted octanol–water partition coefficient (Wildman–Crippen LogP) is 1.77. The number of rotatable bonds is 6. The van der Waals surface area contributed by atoms with E-state index in [-0.39, 0.29) is 17.9 Å². The lowest BCUT2D eigenvalue weighted by atomic mass is 10.2. The van der Waals surface area contributed by atoms with Crippen LogP contribution in [-0.2, 0) is 17.9 Å². The van der Waals surface area contributed by atoms with E-state index in [1.165, 1.54) is 23.7 Å². The average Bonchev–Trinajstić information content (AvgIpc) is 3.52. The van der Waals surface area contributed by atoms with Crippen molar-refractivity contribution in [1.29, 1.82) is 0 Å². The Hall–Kier alpha value is -3.09. The molecular formula is C19H19N5O2. The summed E-state index contributed by atoms with van der Waals surface area (Å²) in [5.41, 5.74) is 2.39. The zero-order chi connectivity index (χ0) is 17.9. The fourth-order valence-corrected chi connectivity index (χ4v) is 2.88. The molecule has 7 heteroatoms. The molecule has 1 N–H and O–H groups in total. The average molecular weight is 349 g/mol. The van der Waals surface area contributed by atoms with Gasteiger partial charge >= 0.3 is 0 Å². The number of nitrogens with zero attached hydrogens (tertiary/aromatic N) is 4. The maximum atomic E-state index is 12.4. The number of para-hydroxylation sites is 1. The number of carbonyl (C=O) groups excluding carboxylic acids is 1. The zero-order valence-electron chi connectivity index (χ0n) is 14.3. The lowest BCUT2D eigenvalue weighted by Crippen LogP contribution is -2.27. The molecule has 2 aromatic heterocycles. The first-order valence-corrected chi connectivity index (χ1v) is 8.72. The summed E-state index contributed by atoms with van der Waals surface area (Å²) in [7, 11) is 0. The van der Waals surface area contributed by atoms with E-state index < -0.39 is 0 Å². The Morgan fingerprint density at radius 1 is 1.19 bits per heavy atom. The van der Waals surface area contributed by atoms with Gasteiger partial charge in [0.2, 0.25) is 5.91 Å². The third-order valence-corrected chi connectivity index (χ3v) is 4.52. The van der Waals surface area contributed by atoms with Crippen LogP contribution in [0.25, 0.3) is 10.9 Å². The quantitative estimate of drug-likeness (QED) is 0.732. The number of benzene rings is 1. The molecule has 2 heterocycles. The van der Waals surface area contributed by atoms with Crippen LogP contribution >= 0.6 is 0 Å². The van der Waals surface area contributed by atoms with Gasteiger partial charge in [0.05, 0.1) is 29.5 Å². The third kappa shape index (κ3) is 3.61. The molecule has 1 saturated carbocycles. The summed E-state index contributed by atoms with van der Waals surface area (Å²) in [5, 5.41) is 3.41. The van der Waals surface area contributed by atoms with Crippen molar-refractivity contribution >= 4 is 16.8 Å². The Kier molecular flexibility index (Phi) is 4.43. The van der Waals surface area contributed by atoms with Gasteiger partial charge < -0.3 is 5.32 Å². The van der Waals surface area contributed by atoms with Gasteiger partial charge in [-0.15, -0.1) is 0 Å². The van der Waals surface area contributed by atoms with Crippen LogP contribution in [0.15, 0.2) is 47.8 Å². The van der Waals surface area contributed by atoms with Crippen molar-refractivity contribution in [2.45, 2.75) is 38.3 Å². The Bertz CT molecular complexity index is 1010. The highest BCUT2D eigenvalue weighted by Crippen LogP contribution is 2.38. The Balaban J connectivity index is 1.35. The number of hydrogen-bond donors (Lipinski definition) is 1. The zero-order valence-corrected chi connectivity index (χ0v) is 14.3. The second-order valence-electron chi connectivity index (χ2n) is 6.50. The smallest absolute Gasteiger partial charge is 0.261 e. The molecule has 26 heavy (non-hydrogen) atoms. The predicted molar refractivity (Wildman–Crippen MR) is 96.5 cm³/mol. The van der Waals surface area contributed by atoms with Crippen molar-refractivity contribution in [3.63, 3.8) is 0 Å². The van der Waals surface area contributed by atoms with Gasteiger partial charge in [0, 0.05) is 24.6 Å². The molecule has 4 rings (SSSR count). The summed E-state index contributed by atoms with van der Waals surface area (Å²) in [5.74, 6) is 0.427. The molecule has 0 atom stereocenters. The maximum absolute atomic E-state index is 12.4. The minimum atomic E-state index is -0.131. The molecule has 1 aliphatic carbocycles. The lowest BCUT2D eigenvalue weighted by molar-refractivity contribution is -0.121. The lowest BCUT2D eigenvalue weighted by Gasteiger charge is -2.08. The van der Waals surface area contributed by atoms with Gasteiger partial charge in [0.15, 0.2) is 0 Å². The van der Waals surface area contributed by atoms with Gasteiger partial charge in [0.1, 0.15) is 6.33 Å². The summed E-state index contributed by atoms with van der Waals surface area (Å²) in [4.78, 5) is 37.2. The molecular weight excluding hydrogens is 330 g/mol. The van der Waals surface area contributed by atoms with Crippen LogP contribution < -0.4 is 10.9 Å². The van der Waals surface area contributed by atoms with Gasteiger partial charge in [0.25, 0.3) is 5.56 Å². The van der Waals surface area contributed by atoms with Crippen molar-refractivity contribution in [2.75, 3.05) is 0 Å². The third-order valence-electron chi connectivity index (χ3n) is 4.52. The largest absolute Gasteiger partial charge is 0.350 e. The summed E-state index contributed by atoms with van der Waals surface area (Å²) >= 11 is 0. The molecule has 0 aliphatic heterocycles. The van der Waals surface area contributed by atoms with E-state index in [0.717, 1.165) is 11.4 Å². The van der Waals surface area contributed by atoms with Gasteiger partial charge in [-0.1, -0.05) is 12.1 Å². The number of aryl methyl sites for hydroxylation is 1. The van der Waals surface area contributed by atoms with E-state index in [4.69, 9.17) is 0 Å². The van der Waals surface area contributed by atoms with Gasteiger partial charge in [-0.25, -0.2) is 15.0 Å². The van der Waals surface area contributed by atoms with Gasteiger partial charge in [-0.05, 0) is 31.0 Å². The van der Waals surface area contributed by atoms with Crippen LogP contribution in [0.3, 0.4) is 0 Å². The molecule has 3 aromatic rings. The highest BCUT2D eigenvalue weighted by Gasteiger charge is 2.25. The fourth-order valence-electron chi connectivity index (χ4n) is 2.88. The van der Waals surface area contributed by atoms with E-state index in [9.17, 15) is 9.59 Å². The van der Waals surface area contributed by atoms with E-state index in [1.807, 2.05) is 12.1 Å². The minimum Gasteiger partial charge on any atom is -0.350 e. The molecule has 0 radical (unpaired) electrons. The Morgan fingerprint density at radius 3 is 2.88 bits per heavy atom. The van der Waals surface area contributed by atoms with Crippen LogP contribution in [-0.4, -0.2) is 25.4 Å². The summed E-state index contributed by atoms with van der Waals surface area (Å²) < 4.78 is 1.47. The highest BCUT2D eigenvalue weighted by atomic mass is 16.1. The van der Waals surface area contributed by atoms with Crippen molar-refractivity contribution in [3.8, 4) is 0 Å². The standard InChI is InChI=1S/C19H19N5O2/c25-18(20-10-14-9-17(13-5-6-13)22-11-21-14)7-8-24-12-23-16-4-2-1-3-15(16)19(24)26/h1-4,9,11-13H,5-8,10H2,(H,20,25). The van der Waals surface area contributed by atoms with Crippen LogP contribution in [0.2, 0.25) is 0 Å². The first-order valence-electron chi connectivity index (χ1n) is 8.72. The highest BCUT2D eigenvalue weighted by molar-refractivity contribution is 5.77. The first-order chi connectivity index (χ1) is 12.7. The fraction of sp³-hybridized carbons (Fsp3) is 0.316. The number of nitrogens with one attached hydrogen (secondary N) is 1. The molecule has 0 unspecified atom stereocenters. The van der Waals surface area contributed by atoms with E-state index in [1.54, 1.807) is 24.5 Å². The van der Waals surface area contributed by atoms with Crippen molar-refractivity contribution < 1.29 is 4.79 Å². The molecule has 1 amide bonds. The number of aromatic nitrogens is 4.